The van der Waals surface area contributed by atoms with Gasteiger partial charge in [0.05, 0.1) is 30.1 Å². The summed E-state index contributed by atoms with van der Waals surface area (Å²) < 4.78 is 38.1. The van der Waals surface area contributed by atoms with E-state index in [0.29, 0.717) is 24.6 Å². The van der Waals surface area contributed by atoms with E-state index in [4.69, 9.17) is 9.47 Å². The molecule has 3 aromatic rings. The zero-order valence-corrected chi connectivity index (χ0v) is 16.7. The highest BCUT2D eigenvalue weighted by Gasteiger charge is 2.31. The van der Waals surface area contributed by atoms with Crippen molar-refractivity contribution in [3.63, 3.8) is 0 Å². The molecule has 0 amide bonds. The Kier molecular flexibility index (Phi) is 4.99. The fraction of sp³-hybridized carbons (Fsp3) is 0.350. The number of aromatic nitrogens is 2. The summed E-state index contributed by atoms with van der Waals surface area (Å²) in [7, 11) is -0.567. The number of rotatable bonds is 5. The first-order valence-electron chi connectivity index (χ1n) is 9.20. The van der Waals surface area contributed by atoms with E-state index in [1.807, 2.05) is 24.3 Å². The second-order valence-electron chi connectivity index (χ2n) is 6.83. The first-order valence-corrected chi connectivity index (χ1v) is 10.6. The molecular formula is C20H23N3O4S. The minimum absolute atomic E-state index is 0.215. The first-order chi connectivity index (χ1) is 13.5. The summed E-state index contributed by atoms with van der Waals surface area (Å²) in [6.45, 7) is 0.913. The van der Waals surface area contributed by atoms with Crippen molar-refractivity contribution >= 4 is 21.1 Å². The molecule has 148 valence electrons. The number of sulfonamides is 1. The Morgan fingerprint density at radius 3 is 2.43 bits per heavy atom. The number of benzene rings is 2. The quantitative estimate of drug-likeness (QED) is 0.710. The van der Waals surface area contributed by atoms with Gasteiger partial charge in [0, 0.05) is 25.1 Å². The number of nitrogens with one attached hydrogen (secondary N) is 1. The summed E-state index contributed by atoms with van der Waals surface area (Å²) >= 11 is 0. The van der Waals surface area contributed by atoms with E-state index in [1.165, 1.54) is 24.6 Å². The maximum atomic E-state index is 13.0. The number of hydrogen-bond donors (Lipinski definition) is 1. The molecule has 8 heteroatoms. The molecule has 4 rings (SSSR count). The predicted molar refractivity (Wildman–Crippen MR) is 106 cm³/mol. The lowest BCUT2D eigenvalue weighted by Gasteiger charge is -2.30. The van der Waals surface area contributed by atoms with Crippen molar-refractivity contribution in [3.05, 3.63) is 48.3 Å². The summed E-state index contributed by atoms with van der Waals surface area (Å²) in [4.78, 5) is 8.25. The fourth-order valence-corrected chi connectivity index (χ4v) is 5.15. The molecule has 0 saturated carbocycles. The van der Waals surface area contributed by atoms with Crippen molar-refractivity contribution in [2.75, 3.05) is 27.3 Å². The van der Waals surface area contributed by atoms with Gasteiger partial charge in [-0.05, 0) is 37.1 Å². The molecule has 0 atom stereocenters. The lowest BCUT2D eigenvalue weighted by atomic mass is 9.97. The average molecular weight is 401 g/mol. The molecule has 0 unspecified atom stereocenters. The molecule has 1 aliphatic rings. The Morgan fingerprint density at radius 1 is 1.04 bits per heavy atom. The number of para-hydroxylation sites is 2. The predicted octanol–water partition coefficient (Wildman–Crippen LogP) is 3.15. The lowest BCUT2D eigenvalue weighted by Crippen LogP contribution is -2.38. The molecular weight excluding hydrogens is 378 g/mol. The van der Waals surface area contributed by atoms with Crippen LogP contribution in [0.25, 0.3) is 11.0 Å². The number of imidazole rings is 1. The SMILES string of the molecule is COc1ccc(S(=O)(=O)N2CCC(c3nc4ccccc4[nH]3)CC2)cc1OC. The van der Waals surface area contributed by atoms with Gasteiger partial charge < -0.3 is 14.5 Å². The van der Waals surface area contributed by atoms with Crippen molar-refractivity contribution in [3.8, 4) is 11.5 Å². The van der Waals surface area contributed by atoms with Gasteiger partial charge in [-0.1, -0.05) is 12.1 Å². The van der Waals surface area contributed by atoms with Gasteiger partial charge in [0.15, 0.2) is 11.5 Å². The topological polar surface area (TPSA) is 84.5 Å². The van der Waals surface area contributed by atoms with Gasteiger partial charge >= 0.3 is 0 Å². The van der Waals surface area contributed by atoms with Crippen LogP contribution in [0.1, 0.15) is 24.6 Å². The third-order valence-corrected chi connectivity index (χ3v) is 7.14. The normalized spacial score (nSPS) is 16.4. The van der Waals surface area contributed by atoms with E-state index in [1.54, 1.807) is 12.1 Å². The van der Waals surface area contributed by atoms with Crippen LogP contribution in [-0.2, 0) is 10.0 Å². The van der Waals surface area contributed by atoms with E-state index in [2.05, 4.69) is 9.97 Å². The smallest absolute Gasteiger partial charge is 0.243 e. The fourth-order valence-electron chi connectivity index (χ4n) is 3.66. The standard InChI is InChI=1S/C20H23N3O4S/c1-26-18-8-7-15(13-19(18)27-2)28(24,25)23-11-9-14(10-12-23)20-21-16-5-3-4-6-17(16)22-20/h3-8,13-14H,9-12H2,1-2H3,(H,21,22). The van der Waals surface area contributed by atoms with E-state index in [0.717, 1.165) is 29.7 Å². The number of H-pyrrole nitrogens is 1. The molecule has 1 aliphatic heterocycles. The Balaban J connectivity index is 1.51. The monoisotopic (exact) mass is 401 g/mol. The molecule has 1 aromatic heterocycles. The molecule has 0 bridgehead atoms. The number of piperidine rings is 1. The maximum Gasteiger partial charge on any atom is 0.243 e. The lowest BCUT2D eigenvalue weighted by molar-refractivity contribution is 0.314. The zero-order valence-electron chi connectivity index (χ0n) is 15.9. The van der Waals surface area contributed by atoms with E-state index in [-0.39, 0.29) is 10.8 Å². The molecule has 2 heterocycles. The van der Waals surface area contributed by atoms with Crippen LogP contribution in [0.5, 0.6) is 11.5 Å². The average Bonchev–Trinajstić information content (AvgIpc) is 3.17. The molecule has 1 saturated heterocycles. The Labute approximate surface area is 164 Å². The van der Waals surface area contributed by atoms with Gasteiger partial charge in [-0.3, -0.25) is 0 Å². The van der Waals surface area contributed by atoms with Crippen molar-refractivity contribution in [1.29, 1.82) is 0 Å². The van der Waals surface area contributed by atoms with Crippen LogP contribution in [0.4, 0.5) is 0 Å². The van der Waals surface area contributed by atoms with Crippen molar-refractivity contribution < 1.29 is 17.9 Å². The minimum atomic E-state index is -3.58. The van der Waals surface area contributed by atoms with Crippen LogP contribution in [-0.4, -0.2) is 50.0 Å². The molecule has 2 aromatic carbocycles. The number of methoxy groups -OCH3 is 2. The van der Waals surface area contributed by atoms with Gasteiger partial charge in [0.25, 0.3) is 0 Å². The highest BCUT2D eigenvalue weighted by Crippen LogP contribution is 2.33. The van der Waals surface area contributed by atoms with Crippen LogP contribution in [0.2, 0.25) is 0 Å². The van der Waals surface area contributed by atoms with Crippen LogP contribution in [0.15, 0.2) is 47.4 Å². The van der Waals surface area contributed by atoms with Gasteiger partial charge in [-0.25, -0.2) is 13.4 Å². The Morgan fingerprint density at radius 2 is 1.75 bits per heavy atom. The number of hydrogen-bond acceptors (Lipinski definition) is 5. The van der Waals surface area contributed by atoms with Gasteiger partial charge in [-0.2, -0.15) is 4.31 Å². The summed E-state index contributed by atoms with van der Waals surface area (Å²) in [6, 6.07) is 12.6. The van der Waals surface area contributed by atoms with Crippen LogP contribution in [0.3, 0.4) is 0 Å². The van der Waals surface area contributed by atoms with Crippen LogP contribution in [0, 0.1) is 0 Å². The van der Waals surface area contributed by atoms with Crippen molar-refractivity contribution in [1.82, 2.24) is 14.3 Å². The minimum Gasteiger partial charge on any atom is -0.493 e. The first kappa shape index (κ1) is 18.8. The van der Waals surface area contributed by atoms with E-state index < -0.39 is 10.0 Å². The summed E-state index contributed by atoms with van der Waals surface area (Å²) in [5.74, 6) is 2.07. The molecule has 7 nitrogen and oxygen atoms in total. The van der Waals surface area contributed by atoms with Crippen LogP contribution >= 0.6 is 0 Å². The molecule has 0 aliphatic carbocycles. The van der Waals surface area contributed by atoms with E-state index in [9.17, 15) is 8.42 Å². The molecule has 1 fully saturated rings. The number of aromatic amines is 1. The van der Waals surface area contributed by atoms with Crippen LogP contribution < -0.4 is 9.47 Å². The number of ether oxygens (including phenoxy) is 2. The second kappa shape index (κ2) is 7.44. The molecule has 1 N–H and O–H groups in total. The highest BCUT2D eigenvalue weighted by molar-refractivity contribution is 7.89. The van der Waals surface area contributed by atoms with Gasteiger partial charge in [0.2, 0.25) is 10.0 Å². The Bertz CT molecular complexity index is 1050. The number of fused-ring (bicyclic) bond motifs is 1. The Hall–Kier alpha value is -2.58. The molecule has 28 heavy (non-hydrogen) atoms. The molecule has 0 radical (unpaired) electrons. The summed E-state index contributed by atoms with van der Waals surface area (Å²) in [6.07, 6.45) is 1.46. The van der Waals surface area contributed by atoms with Gasteiger partial charge in [0.1, 0.15) is 5.82 Å². The second-order valence-corrected chi connectivity index (χ2v) is 8.77. The zero-order chi connectivity index (χ0) is 19.7. The maximum absolute atomic E-state index is 13.0. The molecule has 0 spiro atoms. The third-order valence-electron chi connectivity index (χ3n) is 5.24. The summed E-state index contributed by atoms with van der Waals surface area (Å²) in [5, 5.41) is 0. The summed E-state index contributed by atoms with van der Waals surface area (Å²) in [5.41, 5.74) is 1.95. The highest BCUT2D eigenvalue weighted by atomic mass is 32.2. The third kappa shape index (κ3) is 3.33. The largest absolute Gasteiger partial charge is 0.493 e. The van der Waals surface area contributed by atoms with E-state index >= 15 is 0 Å². The van der Waals surface area contributed by atoms with Gasteiger partial charge in [-0.15, -0.1) is 0 Å². The number of nitrogens with zero attached hydrogens (tertiary/aromatic N) is 2. The van der Waals surface area contributed by atoms with Crippen molar-refractivity contribution in [2.45, 2.75) is 23.7 Å². The van der Waals surface area contributed by atoms with Crippen molar-refractivity contribution in [2.24, 2.45) is 0 Å².